The van der Waals surface area contributed by atoms with Crippen LogP contribution in [-0.4, -0.2) is 26.5 Å². The lowest BCUT2D eigenvalue weighted by molar-refractivity contribution is -0.133. The summed E-state index contributed by atoms with van der Waals surface area (Å²) in [6, 6.07) is 11.2. The predicted octanol–water partition coefficient (Wildman–Crippen LogP) is 1.77. The first-order valence-electron chi connectivity index (χ1n) is 6.69. The second-order valence-corrected chi connectivity index (χ2v) is 6.59. The van der Waals surface area contributed by atoms with E-state index in [2.05, 4.69) is 15.4 Å². The Balaban J connectivity index is 2.05. The van der Waals surface area contributed by atoms with Crippen molar-refractivity contribution in [2.75, 3.05) is 21.6 Å². The molecule has 0 aromatic heterocycles. The molecule has 0 heterocycles. The SMILES string of the molecule is CS(=O)(=O)Nc1cccc(NC(=O)C(=O)Nc2ccccc2F)c1. The summed E-state index contributed by atoms with van der Waals surface area (Å²) in [6.07, 6.45) is 0.986. The smallest absolute Gasteiger partial charge is 0.314 e. The van der Waals surface area contributed by atoms with E-state index in [4.69, 9.17) is 0 Å². The van der Waals surface area contributed by atoms with Crippen LogP contribution in [0.4, 0.5) is 21.5 Å². The zero-order chi connectivity index (χ0) is 17.7. The van der Waals surface area contributed by atoms with Crippen LogP contribution in [0, 0.1) is 5.82 Å². The van der Waals surface area contributed by atoms with Gasteiger partial charge < -0.3 is 10.6 Å². The molecular weight excluding hydrogens is 337 g/mol. The average Bonchev–Trinajstić information content (AvgIpc) is 2.48. The zero-order valence-electron chi connectivity index (χ0n) is 12.5. The predicted molar refractivity (Wildman–Crippen MR) is 88.6 cm³/mol. The second kappa shape index (κ2) is 7.09. The lowest BCUT2D eigenvalue weighted by Gasteiger charge is -2.09. The Labute approximate surface area is 137 Å². The van der Waals surface area contributed by atoms with Crippen molar-refractivity contribution in [3.8, 4) is 0 Å². The molecule has 0 saturated heterocycles. The third-order valence-electron chi connectivity index (χ3n) is 2.75. The number of hydrogen-bond donors (Lipinski definition) is 3. The van der Waals surface area contributed by atoms with Gasteiger partial charge in [0.1, 0.15) is 5.82 Å². The van der Waals surface area contributed by atoms with E-state index in [0.717, 1.165) is 12.3 Å². The van der Waals surface area contributed by atoms with Crippen molar-refractivity contribution in [1.82, 2.24) is 0 Å². The van der Waals surface area contributed by atoms with Crippen LogP contribution in [0.15, 0.2) is 48.5 Å². The van der Waals surface area contributed by atoms with Crippen LogP contribution in [0.2, 0.25) is 0 Å². The van der Waals surface area contributed by atoms with E-state index < -0.39 is 27.7 Å². The van der Waals surface area contributed by atoms with Gasteiger partial charge in [-0.2, -0.15) is 0 Å². The number of sulfonamides is 1. The van der Waals surface area contributed by atoms with Crippen LogP contribution >= 0.6 is 0 Å². The van der Waals surface area contributed by atoms with Gasteiger partial charge >= 0.3 is 11.8 Å². The van der Waals surface area contributed by atoms with Gasteiger partial charge in [0, 0.05) is 5.69 Å². The first-order valence-corrected chi connectivity index (χ1v) is 8.58. The van der Waals surface area contributed by atoms with E-state index in [1.807, 2.05) is 0 Å². The molecule has 2 amide bonds. The van der Waals surface area contributed by atoms with Gasteiger partial charge in [0.2, 0.25) is 10.0 Å². The van der Waals surface area contributed by atoms with Crippen LogP contribution < -0.4 is 15.4 Å². The van der Waals surface area contributed by atoms with E-state index >= 15 is 0 Å². The minimum atomic E-state index is -3.47. The molecule has 24 heavy (non-hydrogen) atoms. The normalized spacial score (nSPS) is 10.8. The molecule has 0 aliphatic heterocycles. The van der Waals surface area contributed by atoms with E-state index in [-0.39, 0.29) is 17.1 Å². The van der Waals surface area contributed by atoms with Crippen molar-refractivity contribution in [3.05, 3.63) is 54.3 Å². The van der Waals surface area contributed by atoms with Crippen molar-refractivity contribution >= 4 is 38.9 Å². The molecule has 2 aromatic rings. The first-order chi connectivity index (χ1) is 11.2. The van der Waals surface area contributed by atoms with Crippen molar-refractivity contribution in [1.29, 1.82) is 0 Å². The monoisotopic (exact) mass is 351 g/mol. The number of carbonyl (C=O) groups excluding carboxylic acids is 2. The summed E-state index contributed by atoms with van der Waals surface area (Å²) >= 11 is 0. The number of halogens is 1. The van der Waals surface area contributed by atoms with Crippen LogP contribution in [0.5, 0.6) is 0 Å². The highest BCUT2D eigenvalue weighted by atomic mass is 32.2. The van der Waals surface area contributed by atoms with Gasteiger partial charge in [-0.1, -0.05) is 18.2 Å². The number of para-hydroxylation sites is 1. The summed E-state index contributed by atoms with van der Waals surface area (Å²) in [6.45, 7) is 0. The minimum absolute atomic E-state index is 0.120. The number of hydrogen-bond acceptors (Lipinski definition) is 4. The molecule has 126 valence electrons. The van der Waals surface area contributed by atoms with Crippen molar-refractivity contribution < 1.29 is 22.4 Å². The largest absolute Gasteiger partial charge is 0.318 e. The highest BCUT2D eigenvalue weighted by Gasteiger charge is 2.16. The van der Waals surface area contributed by atoms with Gasteiger partial charge in [0.15, 0.2) is 0 Å². The summed E-state index contributed by atoms with van der Waals surface area (Å²) in [5, 5.41) is 4.44. The highest BCUT2D eigenvalue weighted by molar-refractivity contribution is 7.92. The second-order valence-electron chi connectivity index (χ2n) is 4.84. The lowest BCUT2D eigenvalue weighted by atomic mass is 10.2. The van der Waals surface area contributed by atoms with Gasteiger partial charge in [-0.15, -0.1) is 0 Å². The fraction of sp³-hybridized carbons (Fsp3) is 0.0667. The zero-order valence-corrected chi connectivity index (χ0v) is 13.4. The maximum Gasteiger partial charge on any atom is 0.314 e. The van der Waals surface area contributed by atoms with Crippen LogP contribution in [0.1, 0.15) is 0 Å². The Morgan fingerprint density at radius 2 is 1.54 bits per heavy atom. The van der Waals surface area contributed by atoms with Gasteiger partial charge in [-0.3, -0.25) is 14.3 Å². The molecule has 0 unspecified atom stereocenters. The third-order valence-corrected chi connectivity index (χ3v) is 3.36. The molecule has 0 spiro atoms. The molecule has 0 atom stereocenters. The lowest BCUT2D eigenvalue weighted by Crippen LogP contribution is -2.29. The Morgan fingerprint density at radius 3 is 2.21 bits per heavy atom. The van der Waals surface area contributed by atoms with E-state index in [9.17, 15) is 22.4 Å². The first kappa shape index (κ1) is 17.4. The highest BCUT2D eigenvalue weighted by Crippen LogP contribution is 2.16. The molecule has 0 aliphatic carbocycles. The molecule has 2 rings (SSSR count). The van der Waals surface area contributed by atoms with E-state index in [1.54, 1.807) is 0 Å². The molecule has 2 aromatic carbocycles. The van der Waals surface area contributed by atoms with Crippen molar-refractivity contribution in [2.45, 2.75) is 0 Å². The molecular formula is C15H14FN3O4S. The maximum absolute atomic E-state index is 13.4. The van der Waals surface area contributed by atoms with Crippen LogP contribution in [0.3, 0.4) is 0 Å². The van der Waals surface area contributed by atoms with Crippen molar-refractivity contribution in [3.63, 3.8) is 0 Å². The van der Waals surface area contributed by atoms with Crippen LogP contribution in [-0.2, 0) is 19.6 Å². The molecule has 0 saturated carbocycles. The van der Waals surface area contributed by atoms with E-state index in [1.165, 1.54) is 42.5 Å². The molecule has 0 radical (unpaired) electrons. The van der Waals surface area contributed by atoms with E-state index in [0.29, 0.717) is 0 Å². The number of nitrogens with one attached hydrogen (secondary N) is 3. The summed E-state index contributed by atoms with van der Waals surface area (Å²) in [5.74, 6) is -2.74. The minimum Gasteiger partial charge on any atom is -0.318 e. The molecule has 9 heteroatoms. The number of benzene rings is 2. The summed E-state index contributed by atoms with van der Waals surface area (Å²) in [4.78, 5) is 23.6. The van der Waals surface area contributed by atoms with Gasteiger partial charge in [0.25, 0.3) is 0 Å². The van der Waals surface area contributed by atoms with Crippen molar-refractivity contribution in [2.24, 2.45) is 0 Å². The maximum atomic E-state index is 13.4. The third kappa shape index (κ3) is 5.06. The fourth-order valence-corrected chi connectivity index (χ4v) is 2.36. The molecule has 0 fully saturated rings. The topological polar surface area (TPSA) is 104 Å². The molecule has 0 aliphatic rings. The van der Waals surface area contributed by atoms with Gasteiger partial charge in [-0.25, -0.2) is 12.8 Å². The summed E-state index contributed by atoms with van der Waals surface area (Å²) in [5.41, 5.74) is 0.312. The van der Waals surface area contributed by atoms with Gasteiger partial charge in [-0.05, 0) is 30.3 Å². The number of anilines is 3. The number of amides is 2. The Kier molecular flexibility index (Phi) is 5.14. The quantitative estimate of drug-likeness (QED) is 0.730. The number of carbonyl (C=O) groups is 2. The Bertz CT molecular complexity index is 884. The van der Waals surface area contributed by atoms with Crippen LogP contribution in [0.25, 0.3) is 0 Å². The van der Waals surface area contributed by atoms with Gasteiger partial charge in [0.05, 0.1) is 17.6 Å². The Morgan fingerprint density at radius 1 is 0.917 bits per heavy atom. The molecule has 7 nitrogen and oxygen atoms in total. The molecule has 3 N–H and O–H groups in total. The number of rotatable bonds is 4. The fourth-order valence-electron chi connectivity index (χ4n) is 1.80. The standard InChI is InChI=1S/C15H14FN3O4S/c1-24(22,23)19-11-6-4-5-10(9-11)17-14(20)15(21)18-13-8-3-2-7-12(13)16/h2-9,19H,1H3,(H,17,20)(H,18,21). The summed E-state index contributed by atoms with van der Waals surface area (Å²) in [7, 11) is -3.47. The molecule has 0 bridgehead atoms. The average molecular weight is 351 g/mol. The Hall–Kier alpha value is -2.94. The summed E-state index contributed by atoms with van der Waals surface area (Å²) < 4.78 is 38.0.